The molecule has 0 aliphatic rings. The van der Waals surface area contributed by atoms with Crippen molar-refractivity contribution in [3.8, 4) is 5.75 Å². The molecule has 0 aliphatic heterocycles. The second-order valence-electron chi connectivity index (χ2n) is 6.14. The number of ketones is 1. The number of carbonyl (C=O) groups excluding carboxylic acids is 3. The van der Waals surface area contributed by atoms with Gasteiger partial charge in [0.2, 0.25) is 5.91 Å². The van der Waals surface area contributed by atoms with Crippen molar-refractivity contribution in [3.63, 3.8) is 0 Å². The molecule has 2 aromatic rings. The lowest BCUT2D eigenvalue weighted by atomic mass is 10.1. The van der Waals surface area contributed by atoms with Crippen molar-refractivity contribution in [2.75, 3.05) is 17.2 Å². The zero-order chi connectivity index (χ0) is 19.1. The van der Waals surface area contributed by atoms with E-state index in [9.17, 15) is 14.4 Å². The molecule has 2 amide bonds. The molecule has 0 radical (unpaired) electrons. The molecule has 0 unspecified atom stereocenters. The van der Waals surface area contributed by atoms with E-state index in [2.05, 4.69) is 10.6 Å². The van der Waals surface area contributed by atoms with E-state index in [1.807, 2.05) is 13.8 Å². The molecule has 0 saturated carbocycles. The fourth-order valence-corrected chi connectivity index (χ4v) is 2.07. The number of anilines is 2. The quantitative estimate of drug-likeness (QED) is 0.745. The van der Waals surface area contributed by atoms with E-state index in [1.54, 1.807) is 48.5 Å². The van der Waals surface area contributed by atoms with Gasteiger partial charge in [0.05, 0.1) is 0 Å². The van der Waals surface area contributed by atoms with Crippen LogP contribution in [-0.4, -0.2) is 24.2 Å². The Morgan fingerprint density at radius 2 is 1.58 bits per heavy atom. The maximum atomic E-state index is 12.0. The average Bonchev–Trinajstić information content (AvgIpc) is 2.61. The molecule has 6 nitrogen and oxygen atoms in total. The van der Waals surface area contributed by atoms with Crippen LogP contribution in [0.1, 0.15) is 31.1 Å². The first-order valence-corrected chi connectivity index (χ1v) is 8.29. The van der Waals surface area contributed by atoms with Crippen LogP contribution >= 0.6 is 0 Å². The third-order valence-corrected chi connectivity index (χ3v) is 3.57. The third-order valence-electron chi connectivity index (χ3n) is 3.57. The number of hydrogen-bond acceptors (Lipinski definition) is 4. The predicted octanol–water partition coefficient (Wildman–Crippen LogP) is 3.50. The third kappa shape index (κ3) is 5.73. The zero-order valence-electron chi connectivity index (χ0n) is 15.0. The number of benzene rings is 2. The van der Waals surface area contributed by atoms with Crippen molar-refractivity contribution < 1.29 is 19.1 Å². The van der Waals surface area contributed by atoms with E-state index in [1.165, 1.54) is 6.92 Å². The second kappa shape index (κ2) is 8.80. The van der Waals surface area contributed by atoms with E-state index >= 15 is 0 Å². The monoisotopic (exact) mass is 354 g/mol. The Morgan fingerprint density at radius 3 is 2.15 bits per heavy atom. The summed E-state index contributed by atoms with van der Waals surface area (Å²) >= 11 is 0. The molecule has 0 aromatic heterocycles. The Balaban J connectivity index is 1.87. The van der Waals surface area contributed by atoms with Crippen LogP contribution in [0.2, 0.25) is 0 Å². The van der Waals surface area contributed by atoms with E-state index in [-0.39, 0.29) is 30.1 Å². The van der Waals surface area contributed by atoms with Gasteiger partial charge in [0.1, 0.15) is 5.75 Å². The number of rotatable bonds is 7. The summed E-state index contributed by atoms with van der Waals surface area (Å²) in [7, 11) is 0. The smallest absolute Gasteiger partial charge is 0.262 e. The molecular formula is C20H22N2O4. The molecule has 136 valence electrons. The highest BCUT2D eigenvalue weighted by atomic mass is 16.5. The number of ether oxygens (including phenoxy) is 1. The first-order valence-electron chi connectivity index (χ1n) is 8.29. The van der Waals surface area contributed by atoms with Gasteiger partial charge in [-0.1, -0.05) is 26.0 Å². The Kier molecular flexibility index (Phi) is 6.49. The van der Waals surface area contributed by atoms with Crippen LogP contribution in [0.3, 0.4) is 0 Å². The second-order valence-corrected chi connectivity index (χ2v) is 6.14. The van der Waals surface area contributed by atoms with Crippen LogP contribution in [0.4, 0.5) is 11.4 Å². The molecule has 0 saturated heterocycles. The van der Waals surface area contributed by atoms with Crippen LogP contribution < -0.4 is 15.4 Å². The van der Waals surface area contributed by atoms with E-state index in [0.29, 0.717) is 22.7 Å². The summed E-state index contributed by atoms with van der Waals surface area (Å²) in [6.07, 6.45) is 0. The predicted molar refractivity (Wildman–Crippen MR) is 100 cm³/mol. The summed E-state index contributed by atoms with van der Waals surface area (Å²) in [4.78, 5) is 35.0. The molecular weight excluding hydrogens is 332 g/mol. The molecule has 2 N–H and O–H groups in total. The van der Waals surface area contributed by atoms with Gasteiger partial charge in [0.15, 0.2) is 12.4 Å². The highest BCUT2D eigenvalue weighted by Gasteiger charge is 2.08. The van der Waals surface area contributed by atoms with E-state index in [0.717, 1.165) is 0 Å². The van der Waals surface area contributed by atoms with E-state index in [4.69, 9.17) is 4.74 Å². The minimum Gasteiger partial charge on any atom is -0.484 e. The number of Topliss-reactive ketones (excluding diaryl/α,β-unsaturated/α-hetero) is 1. The van der Waals surface area contributed by atoms with Gasteiger partial charge in [-0.25, -0.2) is 0 Å². The van der Waals surface area contributed by atoms with Crippen molar-refractivity contribution in [1.82, 2.24) is 0 Å². The number of carbonyl (C=O) groups is 3. The van der Waals surface area contributed by atoms with Gasteiger partial charge in [0, 0.05) is 22.9 Å². The topological polar surface area (TPSA) is 84.5 Å². The zero-order valence-corrected chi connectivity index (χ0v) is 15.0. The van der Waals surface area contributed by atoms with Crippen LogP contribution in [0.15, 0.2) is 48.5 Å². The molecule has 0 fully saturated rings. The van der Waals surface area contributed by atoms with Crippen LogP contribution in [-0.2, 0) is 9.59 Å². The molecule has 0 heterocycles. The molecule has 2 aromatic carbocycles. The fraction of sp³-hybridized carbons (Fsp3) is 0.250. The standard InChI is InChI=1S/C20H22N2O4/c1-13(2)20(25)22-17-9-7-16(8-10-17)21-19(24)12-26-18-6-4-5-15(11-18)14(3)23/h4-11,13H,12H2,1-3H3,(H,21,24)(H,22,25). The minimum absolute atomic E-state index is 0.0652. The Morgan fingerprint density at radius 1 is 0.962 bits per heavy atom. The fourth-order valence-electron chi connectivity index (χ4n) is 2.07. The lowest BCUT2D eigenvalue weighted by Gasteiger charge is -2.10. The van der Waals surface area contributed by atoms with Gasteiger partial charge in [-0.15, -0.1) is 0 Å². The largest absolute Gasteiger partial charge is 0.484 e. The maximum Gasteiger partial charge on any atom is 0.262 e. The first-order chi connectivity index (χ1) is 12.3. The van der Waals surface area contributed by atoms with Gasteiger partial charge in [0.25, 0.3) is 5.91 Å². The van der Waals surface area contributed by atoms with E-state index < -0.39 is 0 Å². The van der Waals surface area contributed by atoms with Crippen molar-refractivity contribution in [3.05, 3.63) is 54.1 Å². The van der Waals surface area contributed by atoms with Crippen molar-refractivity contribution in [2.24, 2.45) is 5.92 Å². The van der Waals surface area contributed by atoms with Crippen LogP contribution in [0.5, 0.6) is 5.75 Å². The molecule has 26 heavy (non-hydrogen) atoms. The molecule has 2 rings (SSSR count). The average molecular weight is 354 g/mol. The SMILES string of the molecule is CC(=O)c1cccc(OCC(=O)Nc2ccc(NC(=O)C(C)C)cc2)c1. The minimum atomic E-state index is -0.322. The molecule has 6 heteroatoms. The Hall–Kier alpha value is -3.15. The highest BCUT2D eigenvalue weighted by molar-refractivity contribution is 5.95. The molecule has 0 spiro atoms. The maximum absolute atomic E-state index is 12.0. The summed E-state index contributed by atoms with van der Waals surface area (Å²) in [5.41, 5.74) is 1.79. The molecule has 0 bridgehead atoms. The summed E-state index contributed by atoms with van der Waals surface area (Å²) < 4.78 is 5.41. The van der Waals surface area contributed by atoms with Gasteiger partial charge in [-0.3, -0.25) is 14.4 Å². The molecule has 0 atom stereocenters. The summed E-state index contributed by atoms with van der Waals surface area (Å²) in [6, 6.07) is 13.5. The summed E-state index contributed by atoms with van der Waals surface area (Å²) in [5, 5.41) is 5.49. The number of hydrogen-bond donors (Lipinski definition) is 2. The summed E-state index contributed by atoms with van der Waals surface area (Å²) in [6.45, 7) is 4.93. The Labute approximate surface area is 152 Å². The van der Waals surface area contributed by atoms with Gasteiger partial charge in [-0.05, 0) is 43.3 Å². The lowest BCUT2D eigenvalue weighted by molar-refractivity contribution is -0.119. The highest BCUT2D eigenvalue weighted by Crippen LogP contribution is 2.16. The summed E-state index contributed by atoms with van der Waals surface area (Å²) in [5.74, 6) is -0.0997. The van der Waals surface area contributed by atoms with Gasteiger partial charge >= 0.3 is 0 Å². The first kappa shape index (κ1) is 19.2. The van der Waals surface area contributed by atoms with Crippen molar-refractivity contribution in [1.29, 1.82) is 0 Å². The number of amides is 2. The lowest BCUT2D eigenvalue weighted by Crippen LogP contribution is -2.20. The van der Waals surface area contributed by atoms with Gasteiger partial charge < -0.3 is 15.4 Å². The van der Waals surface area contributed by atoms with Crippen molar-refractivity contribution in [2.45, 2.75) is 20.8 Å². The Bertz CT molecular complexity index is 798. The molecule has 0 aliphatic carbocycles. The van der Waals surface area contributed by atoms with Crippen LogP contribution in [0, 0.1) is 5.92 Å². The number of nitrogens with one attached hydrogen (secondary N) is 2. The van der Waals surface area contributed by atoms with Crippen LogP contribution in [0.25, 0.3) is 0 Å². The van der Waals surface area contributed by atoms with Gasteiger partial charge in [-0.2, -0.15) is 0 Å². The van der Waals surface area contributed by atoms with Crippen molar-refractivity contribution >= 4 is 29.0 Å². The normalized spacial score (nSPS) is 10.3.